The van der Waals surface area contributed by atoms with Gasteiger partial charge in [0, 0.05) is 13.1 Å². The average molecular weight is 322 g/mol. The van der Waals surface area contributed by atoms with Gasteiger partial charge in [0.25, 0.3) is 0 Å². The van der Waals surface area contributed by atoms with Crippen LogP contribution in [0.3, 0.4) is 0 Å². The number of hydrogen-bond donors (Lipinski definition) is 0. The Labute approximate surface area is 135 Å². The van der Waals surface area contributed by atoms with Gasteiger partial charge in [0.15, 0.2) is 0 Å². The fourth-order valence-corrected chi connectivity index (χ4v) is 2.80. The maximum absolute atomic E-state index is 12.6. The first-order chi connectivity index (χ1) is 10.6. The summed E-state index contributed by atoms with van der Waals surface area (Å²) in [5.41, 5.74) is 1.04. The summed E-state index contributed by atoms with van der Waals surface area (Å²) in [6.07, 6.45) is 5.23. The van der Waals surface area contributed by atoms with Crippen LogP contribution in [-0.4, -0.2) is 35.8 Å². The fourth-order valence-electron chi connectivity index (χ4n) is 2.47. The molecule has 1 aliphatic rings. The minimum absolute atomic E-state index is 0.229. The number of alkyl halides is 1. The molecule has 0 spiro atoms. The van der Waals surface area contributed by atoms with Gasteiger partial charge in [-0.1, -0.05) is 42.5 Å². The molecule has 1 amide bonds. The smallest absolute Gasteiger partial charge is 0.314 e. The molecule has 0 saturated carbocycles. The summed E-state index contributed by atoms with van der Waals surface area (Å²) in [7, 11) is 1.30. The van der Waals surface area contributed by atoms with Gasteiger partial charge in [0.1, 0.15) is 11.3 Å². The highest BCUT2D eigenvalue weighted by Gasteiger charge is 2.34. The molecule has 1 aliphatic heterocycles. The molecular weight excluding hydrogens is 302 g/mol. The van der Waals surface area contributed by atoms with Crippen molar-refractivity contribution in [3.05, 3.63) is 48.0 Å². The van der Waals surface area contributed by atoms with Crippen molar-refractivity contribution in [3.63, 3.8) is 0 Å². The highest BCUT2D eigenvalue weighted by atomic mass is 35.5. The molecule has 0 N–H and O–H groups in total. The van der Waals surface area contributed by atoms with Gasteiger partial charge in [-0.2, -0.15) is 0 Å². The third kappa shape index (κ3) is 4.10. The van der Waals surface area contributed by atoms with Crippen molar-refractivity contribution in [1.82, 2.24) is 4.90 Å². The lowest BCUT2D eigenvalue weighted by Gasteiger charge is -2.26. The van der Waals surface area contributed by atoms with Gasteiger partial charge < -0.3 is 9.64 Å². The van der Waals surface area contributed by atoms with E-state index in [4.69, 9.17) is 16.3 Å². The molecule has 2 atom stereocenters. The van der Waals surface area contributed by atoms with Crippen LogP contribution in [0.1, 0.15) is 18.4 Å². The number of esters is 1. The molecule has 0 bridgehead atoms. The Kier molecular flexibility index (Phi) is 6.01. The first-order valence-electron chi connectivity index (χ1n) is 7.34. The van der Waals surface area contributed by atoms with E-state index in [-0.39, 0.29) is 5.91 Å². The van der Waals surface area contributed by atoms with Crippen molar-refractivity contribution in [2.24, 2.45) is 5.92 Å². The Balaban J connectivity index is 2.18. The van der Waals surface area contributed by atoms with Crippen LogP contribution in [-0.2, 0) is 20.9 Å². The molecule has 1 aromatic rings. The monoisotopic (exact) mass is 321 g/mol. The number of carbonyl (C=O) groups is 2. The first-order valence-corrected chi connectivity index (χ1v) is 7.78. The molecular formula is C17H20ClNO3. The highest BCUT2D eigenvalue weighted by molar-refractivity contribution is 6.32. The van der Waals surface area contributed by atoms with Crippen molar-refractivity contribution < 1.29 is 14.3 Å². The zero-order valence-corrected chi connectivity index (χ0v) is 13.3. The summed E-state index contributed by atoms with van der Waals surface area (Å²) in [6.45, 7) is 1.12. The average Bonchev–Trinajstić information content (AvgIpc) is 2.61. The Morgan fingerprint density at radius 2 is 2.09 bits per heavy atom. The third-order valence-electron chi connectivity index (χ3n) is 3.69. The Bertz CT molecular complexity index is 544. The molecule has 118 valence electrons. The number of rotatable bonds is 3. The Morgan fingerprint density at radius 3 is 2.77 bits per heavy atom. The second-order valence-corrected chi connectivity index (χ2v) is 5.74. The lowest BCUT2D eigenvalue weighted by molar-refractivity contribution is -0.146. The number of ether oxygens (including phenoxy) is 1. The van der Waals surface area contributed by atoms with E-state index in [0.717, 1.165) is 18.4 Å². The number of allylic oxidation sites excluding steroid dienone is 1. The van der Waals surface area contributed by atoms with Crippen LogP contribution >= 0.6 is 11.6 Å². The predicted octanol–water partition coefficient (Wildman–Crippen LogP) is 2.76. The summed E-state index contributed by atoms with van der Waals surface area (Å²) in [6, 6.07) is 9.75. The van der Waals surface area contributed by atoms with E-state index < -0.39 is 17.3 Å². The van der Waals surface area contributed by atoms with Crippen LogP contribution in [0.25, 0.3) is 0 Å². The molecule has 0 radical (unpaired) electrons. The van der Waals surface area contributed by atoms with E-state index in [2.05, 4.69) is 0 Å². The van der Waals surface area contributed by atoms with Crippen LogP contribution in [0.15, 0.2) is 42.5 Å². The lowest BCUT2D eigenvalue weighted by Crippen LogP contribution is -2.41. The number of nitrogens with zero attached hydrogens (tertiary/aromatic N) is 1. The zero-order valence-electron chi connectivity index (χ0n) is 12.6. The van der Waals surface area contributed by atoms with Gasteiger partial charge in [-0.15, -0.1) is 11.6 Å². The van der Waals surface area contributed by atoms with Crippen molar-refractivity contribution in [2.45, 2.75) is 24.8 Å². The molecule has 1 heterocycles. The van der Waals surface area contributed by atoms with Crippen molar-refractivity contribution in [2.75, 3.05) is 13.7 Å². The van der Waals surface area contributed by atoms with E-state index in [1.54, 1.807) is 11.0 Å². The molecule has 22 heavy (non-hydrogen) atoms. The zero-order chi connectivity index (χ0) is 15.9. The maximum Gasteiger partial charge on any atom is 0.314 e. The second kappa shape index (κ2) is 7.99. The largest absolute Gasteiger partial charge is 0.469 e. The Hall–Kier alpha value is -1.81. The summed E-state index contributed by atoms with van der Waals surface area (Å²) in [5, 5.41) is -0.939. The van der Waals surface area contributed by atoms with Crippen molar-refractivity contribution in [1.29, 1.82) is 0 Å². The van der Waals surface area contributed by atoms with Crippen LogP contribution in [0.2, 0.25) is 0 Å². The number of hydrogen-bond acceptors (Lipinski definition) is 3. The topological polar surface area (TPSA) is 46.6 Å². The molecule has 0 unspecified atom stereocenters. The number of carbonyl (C=O) groups excluding carboxylic acids is 2. The molecule has 0 fully saturated rings. The third-order valence-corrected chi connectivity index (χ3v) is 4.15. The van der Waals surface area contributed by atoms with Crippen LogP contribution in [0.4, 0.5) is 0 Å². The highest BCUT2D eigenvalue weighted by Crippen LogP contribution is 2.21. The van der Waals surface area contributed by atoms with E-state index in [9.17, 15) is 9.59 Å². The van der Waals surface area contributed by atoms with Crippen LogP contribution in [0, 0.1) is 5.92 Å². The van der Waals surface area contributed by atoms with E-state index in [0.29, 0.717) is 13.1 Å². The second-order valence-electron chi connectivity index (χ2n) is 5.27. The van der Waals surface area contributed by atoms with Gasteiger partial charge in [-0.05, 0) is 18.4 Å². The number of benzene rings is 1. The summed E-state index contributed by atoms with van der Waals surface area (Å²) in [4.78, 5) is 26.2. The maximum atomic E-state index is 12.6. The minimum atomic E-state index is -0.939. The molecule has 4 nitrogen and oxygen atoms in total. The Morgan fingerprint density at radius 1 is 1.36 bits per heavy atom. The summed E-state index contributed by atoms with van der Waals surface area (Å²) in [5.74, 6) is -1.45. The standard InChI is InChI=1S/C17H20ClNO3/c1-22-17(21)14-10-6-3-7-11-19(16(20)15(14)18)12-13-8-4-2-5-9-13/h2,4-6,8-10,14-15H,3,7,11-12H2,1H3/b10-6+/t14-,15-/m1/s1. The van der Waals surface area contributed by atoms with Crippen molar-refractivity contribution in [3.8, 4) is 0 Å². The van der Waals surface area contributed by atoms with E-state index in [1.165, 1.54) is 7.11 Å². The summed E-state index contributed by atoms with van der Waals surface area (Å²) >= 11 is 6.27. The van der Waals surface area contributed by atoms with Gasteiger partial charge in [-0.3, -0.25) is 9.59 Å². The predicted molar refractivity (Wildman–Crippen MR) is 85.4 cm³/mol. The molecule has 0 saturated heterocycles. The molecule has 1 aromatic carbocycles. The molecule has 0 aliphatic carbocycles. The SMILES string of the molecule is COC(=O)[C@@H]1/C=C/CCCN(Cc2ccccc2)C(=O)[C@@H]1Cl. The van der Waals surface area contributed by atoms with Crippen molar-refractivity contribution >= 4 is 23.5 Å². The summed E-state index contributed by atoms with van der Waals surface area (Å²) < 4.78 is 4.75. The minimum Gasteiger partial charge on any atom is -0.469 e. The van der Waals surface area contributed by atoms with Gasteiger partial charge in [0.2, 0.25) is 5.91 Å². The molecule has 5 heteroatoms. The van der Waals surface area contributed by atoms with Crippen LogP contribution < -0.4 is 0 Å². The number of methoxy groups -OCH3 is 1. The normalized spacial score (nSPS) is 24.1. The van der Waals surface area contributed by atoms with Crippen LogP contribution in [0.5, 0.6) is 0 Å². The quantitative estimate of drug-likeness (QED) is 0.488. The number of amides is 1. The first kappa shape index (κ1) is 16.6. The van der Waals surface area contributed by atoms with Gasteiger partial charge in [-0.25, -0.2) is 0 Å². The van der Waals surface area contributed by atoms with E-state index in [1.807, 2.05) is 36.4 Å². The van der Waals surface area contributed by atoms with Gasteiger partial charge >= 0.3 is 5.97 Å². The van der Waals surface area contributed by atoms with E-state index >= 15 is 0 Å². The van der Waals surface area contributed by atoms with Gasteiger partial charge in [0.05, 0.1) is 7.11 Å². The molecule has 0 aromatic heterocycles. The fraction of sp³-hybridized carbons (Fsp3) is 0.412. The molecule has 2 rings (SSSR count). The number of halogens is 1. The lowest BCUT2D eigenvalue weighted by atomic mass is 10.0.